The summed E-state index contributed by atoms with van der Waals surface area (Å²) in [6.45, 7) is 4.48. The highest BCUT2D eigenvalue weighted by Crippen LogP contribution is 2.15. The highest BCUT2D eigenvalue weighted by molar-refractivity contribution is 5.74. The molecule has 0 N–H and O–H groups in total. The minimum absolute atomic E-state index is 0.890. The van der Waals surface area contributed by atoms with Crippen LogP contribution < -0.4 is 0 Å². The SMILES string of the molecule is CCCCCCC#Cc1nc2ccccc2nc1CCCCCC. The zero-order valence-electron chi connectivity index (χ0n) is 15.3. The summed E-state index contributed by atoms with van der Waals surface area (Å²) in [6.07, 6.45) is 12.0. The molecule has 0 bridgehead atoms. The number of nitrogens with zero attached hydrogens (tertiary/aromatic N) is 2. The van der Waals surface area contributed by atoms with Crippen LogP contribution in [0.3, 0.4) is 0 Å². The number of hydrogen-bond donors (Lipinski definition) is 0. The second-order valence-corrected chi connectivity index (χ2v) is 6.43. The average molecular weight is 322 g/mol. The lowest BCUT2D eigenvalue weighted by Gasteiger charge is -2.06. The van der Waals surface area contributed by atoms with Crippen molar-refractivity contribution in [3.8, 4) is 11.8 Å². The molecule has 0 amide bonds. The van der Waals surface area contributed by atoms with E-state index in [0.717, 1.165) is 35.3 Å². The Kier molecular flexibility index (Phi) is 8.32. The summed E-state index contributed by atoms with van der Waals surface area (Å²) >= 11 is 0. The zero-order valence-corrected chi connectivity index (χ0v) is 15.3. The first-order chi connectivity index (χ1) is 11.8. The summed E-state index contributed by atoms with van der Waals surface area (Å²) in [5.74, 6) is 6.61. The lowest BCUT2D eigenvalue weighted by atomic mass is 10.1. The molecule has 0 unspecified atom stereocenters. The third-order valence-corrected chi connectivity index (χ3v) is 4.27. The maximum atomic E-state index is 4.84. The molecule has 0 aliphatic heterocycles. The lowest BCUT2D eigenvalue weighted by Crippen LogP contribution is -2.00. The molecule has 2 aromatic rings. The molecular formula is C22H30N2. The maximum Gasteiger partial charge on any atom is 0.135 e. The van der Waals surface area contributed by atoms with Gasteiger partial charge in [0.25, 0.3) is 0 Å². The van der Waals surface area contributed by atoms with Gasteiger partial charge in [-0.15, -0.1) is 0 Å². The first kappa shape index (κ1) is 18.5. The van der Waals surface area contributed by atoms with Gasteiger partial charge in [0.05, 0.1) is 16.7 Å². The fourth-order valence-electron chi connectivity index (χ4n) is 2.82. The Hall–Kier alpha value is -1.88. The second kappa shape index (κ2) is 10.8. The molecule has 0 radical (unpaired) electrons. The fraction of sp³-hybridized carbons (Fsp3) is 0.545. The van der Waals surface area contributed by atoms with E-state index in [1.54, 1.807) is 0 Å². The molecule has 2 rings (SSSR count). The molecule has 128 valence electrons. The Morgan fingerprint density at radius 2 is 1.46 bits per heavy atom. The molecule has 0 atom stereocenters. The standard InChI is InChI=1S/C22H30N2/c1-3-5-7-9-10-12-16-20-19(15-11-8-6-4-2)23-21-17-13-14-18-22(21)24-20/h13-14,17-18H,3-11,15H2,1-2H3. The molecule has 0 saturated heterocycles. The molecule has 0 fully saturated rings. The second-order valence-electron chi connectivity index (χ2n) is 6.43. The summed E-state index contributed by atoms with van der Waals surface area (Å²) in [6, 6.07) is 8.10. The first-order valence-corrected chi connectivity index (χ1v) is 9.59. The molecule has 24 heavy (non-hydrogen) atoms. The van der Waals surface area contributed by atoms with E-state index in [4.69, 9.17) is 9.97 Å². The summed E-state index contributed by atoms with van der Waals surface area (Å²) in [5, 5.41) is 0. The Morgan fingerprint density at radius 3 is 2.17 bits per heavy atom. The van der Waals surface area contributed by atoms with Crippen molar-refractivity contribution in [2.24, 2.45) is 0 Å². The monoisotopic (exact) mass is 322 g/mol. The van der Waals surface area contributed by atoms with Gasteiger partial charge >= 0.3 is 0 Å². The van der Waals surface area contributed by atoms with Gasteiger partial charge in [-0.05, 0) is 37.3 Å². The van der Waals surface area contributed by atoms with Crippen molar-refractivity contribution >= 4 is 11.0 Å². The first-order valence-electron chi connectivity index (χ1n) is 9.59. The van der Waals surface area contributed by atoms with Gasteiger partial charge < -0.3 is 0 Å². The average Bonchev–Trinajstić information content (AvgIpc) is 2.61. The van der Waals surface area contributed by atoms with E-state index in [1.807, 2.05) is 24.3 Å². The highest BCUT2D eigenvalue weighted by atomic mass is 14.8. The molecule has 0 spiro atoms. The van der Waals surface area contributed by atoms with Gasteiger partial charge in [-0.2, -0.15) is 0 Å². The van der Waals surface area contributed by atoms with Crippen molar-refractivity contribution in [3.63, 3.8) is 0 Å². The quantitative estimate of drug-likeness (QED) is 0.413. The number of benzene rings is 1. The van der Waals surface area contributed by atoms with E-state index in [1.165, 1.54) is 51.4 Å². The predicted molar refractivity (Wildman–Crippen MR) is 103 cm³/mol. The molecule has 0 saturated carbocycles. The zero-order chi connectivity index (χ0) is 17.0. The van der Waals surface area contributed by atoms with Crippen LogP contribution in [0, 0.1) is 11.8 Å². The number of unbranched alkanes of at least 4 members (excludes halogenated alkanes) is 7. The van der Waals surface area contributed by atoms with Crippen molar-refractivity contribution in [2.45, 2.75) is 78.1 Å². The van der Waals surface area contributed by atoms with Crippen LogP contribution in [0.1, 0.15) is 83.0 Å². The number of aromatic nitrogens is 2. The van der Waals surface area contributed by atoms with Gasteiger partial charge in [-0.25, -0.2) is 9.97 Å². The predicted octanol–water partition coefficient (Wildman–Crippen LogP) is 6.07. The smallest absolute Gasteiger partial charge is 0.135 e. The number of aryl methyl sites for hydroxylation is 1. The van der Waals surface area contributed by atoms with Crippen molar-refractivity contribution in [1.29, 1.82) is 0 Å². The van der Waals surface area contributed by atoms with Crippen molar-refractivity contribution in [2.75, 3.05) is 0 Å². The molecule has 0 aliphatic carbocycles. The van der Waals surface area contributed by atoms with Crippen LogP contribution in [0.2, 0.25) is 0 Å². The van der Waals surface area contributed by atoms with E-state index in [-0.39, 0.29) is 0 Å². The molecule has 2 heteroatoms. The number of hydrogen-bond acceptors (Lipinski definition) is 2. The Bertz CT molecular complexity index is 679. The van der Waals surface area contributed by atoms with Crippen LogP contribution in [-0.2, 0) is 6.42 Å². The largest absolute Gasteiger partial charge is 0.248 e. The van der Waals surface area contributed by atoms with Crippen LogP contribution in [0.15, 0.2) is 24.3 Å². The highest BCUT2D eigenvalue weighted by Gasteiger charge is 2.06. The van der Waals surface area contributed by atoms with E-state index in [9.17, 15) is 0 Å². The molecule has 0 aliphatic rings. The van der Waals surface area contributed by atoms with E-state index >= 15 is 0 Å². The summed E-state index contributed by atoms with van der Waals surface area (Å²) in [7, 11) is 0. The molecule has 1 heterocycles. The van der Waals surface area contributed by atoms with Gasteiger partial charge in [0.15, 0.2) is 0 Å². The van der Waals surface area contributed by atoms with Crippen LogP contribution in [0.25, 0.3) is 11.0 Å². The molecule has 1 aromatic heterocycles. The Balaban J connectivity index is 2.10. The molecule has 2 nitrogen and oxygen atoms in total. The fourth-order valence-corrected chi connectivity index (χ4v) is 2.82. The van der Waals surface area contributed by atoms with E-state index in [2.05, 4.69) is 25.7 Å². The van der Waals surface area contributed by atoms with Crippen molar-refractivity contribution in [1.82, 2.24) is 9.97 Å². The van der Waals surface area contributed by atoms with E-state index in [0.29, 0.717) is 0 Å². The minimum atomic E-state index is 0.890. The van der Waals surface area contributed by atoms with Gasteiger partial charge in [-0.3, -0.25) is 0 Å². The normalized spacial score (nSPS) is 10.6. The summed E-state index contributed by atoms with van der Waals surface area (Å²) in [5.41, 5.74) is 3.90. The van der Waals surface area contributed by atoms with Gasteiger partial charge in [0.1, 0.15) is 5.69 Å². The van der Waals surface area contributed by atoms with Gasteiger partial charge in [-0.1, -0.05) is 70.4 Å². The number of rotatable bonds is 9. The van der Waals surface area contributed by atoms with Gasteiger partial charge in [0, 0.05) is 6.42 Å². The third kappa shape index (κ3) is 5.96. The lowest BCUT2D eigenvalue weighted by molar-refractivity contribution is 0.660. The van der Waals surface area contributed by atoms with Crippen LogP contribution >= 0.6 is 0 Å². The minimum Gasteiger partial charge on any atom is -0.248 e. The number of fused-ring (bicyclic) bond motifs is 1. The van der Waals surface area contributed by atoms with Crippen molar-refractivity contribution in [3.05, 3.63) is 35.7 Å². The topological polar surface area (TPSA) is 25.8 Å². The Morgan fingerprint density at radius 1 is 0.792 bits per heavy atom. The van der Waals surface area contributed by atoms with Gasteiger partial charge in [0.2, 0.25) is 0 Å². The molecule has 1 aromatic carbocycles. The van der Waals surface area contributed by atoms with E-state index < -0.39 is 0 Å². The summed E-state index contributed by atoms with van der Waals surface area (Å²) in [4.78, 5) is 9.61. The number of para-hydroxylation sites is 2. The van der Waals surface area contributed by atoms with Crippen LogP contribution in [0.4, 0.5) is 0 Å². The maximum absolute atomic E-state index is 4.84. The Labute approximate surface area is 147 Å². The van der Waals surface area contributed by atoms with Crippen LogP contribution in [-0.4, -0.2) is 9.97 Å². The third-order valence-electron chi connectivity index (χ3n) is 4.27. The molecular weight excluding hydrogens is 292 g/mol. The van der Waals surface area contributed by atoms with Crippen LogP contribution in [0.5, 0.6) is 0 Å². The summed E-state index contributed by atoms with van der Waals surface area (Å²) < 4.78 is 0. The van der Waals surface area contributed by atoms with Crippen molar-refractivity contribution < 1.29 is 0 Å².